The normalized spacial score (nSPS) is 18.9. The average Bonchev–Trinajstić information content (AvgIpc) is 2.56. The van der Waals surface area contributed by atoms with Crippen LogP contribution in [0.1, 0.15) is 50.9 Å². The van der Waals surface area contributed by atoms with E-state index in [1.165, 1.54) is 17.8 Å². The summed E-state index contributed by atoms with van der Waals surface area (Å²) in [5.41, 5.74) is 6.36. The number of hydrogen-bond donors (Lipinski definition) is 1. The second kappa shape index (κ2) is 9.75. The Bertz CT molecular complexity index is 682. The van der Waals surface area contributed by atoms with Crippen LogP contribution in [-0.2, 0) is 0 Å². The molecule has 1 aliphatic heterocycles. The highest BCUT2D eigenvalue weighted by atomic mass is 35.5. The predicted molar refractivity (Wildman–Crippen MR) is 113 cm³/mol. The Hall–Kier alpha value is -1.31. The summed E-state index contributed by atoms with van der Waals surface area (Å²) in [5, 5.41) is 11.5. The molecule has 0 spiro atoms. The van der Waals surface area contributed by atoms with Crippen molar-refractivity contribution in [3.63, 3.8) is 0 Å². The molecule has 6 nitrogen and oxygen atoms in total. The monoisotopic (exact) mass is 415 g/mol. The lowest BCUT2D eigenvalue weighted by molar-refractivity contribution is -0.387. The Balaban J connectivity index is 0.00000364. The Morgan fingerprint density at radius 1 is 1.44 bits per heavy atom. The third-order valence-electron chi connectivity index (χ3n) is 4.95. The van der Waals surface area contributed by atoms with E-state index in [1.807, 2.05) is 13.8 Å². The number of benzene rings is 1. The van der Waals surface area contributed by atoms with Gasteiger partial charge in [-0.1, -0.05) is 27.7 Å². The zero-order chi connectivity index (χ0) is 19.5. The van der Waals surface area contributed by atoms with Gasteiger partial charge in [0.1, 0.15) is 0 Å². The number of halogens is 1. The van der Waals surface area contributed by atoms with Crippen molar-refractivity contribution in [1.82, 2.24) is 4.90 Å². The predicted octanol–water partition coefficient (Wildman–Crippen LogP) is 4.35. The molecule has 1 aromatic rings. The van der Waals surface area contributed by atoms with Gasteiger partial charge in [-0.15, -0.1) is 24.2 Å². The Labute approximate surface area is 171 Å². The Morgan fingerprint density at radius 3 is 2.67 bits per heavy atom. The molecule has 1 fully saturated rings. The van der Waals surface area contributed by atoms with Crippen LogP contribution in [0.5, 0.6) is 0 Å². The molecule has 1 atom stereocenters. The number of nitro benzene ring substituents is 1. The summed E-state index contributed by atoms with van der Waals surface area (Å²) in [4.78, 5) is 26.3. The number of nitro groups is 1. The van der Waals surface area contributed by atoms with Gasteiger partial charge in [0.15, 0.2) is 0 Å². The fourth-order valence-corrected chi connectivity index (χ4v) is 4.30. The summed E-state index contributed by atoms with van der Waals surface area (Å²) in [7, 11) is 0. The molecule has 1 heterocycles. The Kier molecular flexibility index (Phi) is 8.57. The second-order valence-electron chi connectivity index (χ2n) is 8.08. The van der Waals surface area contributed by atoms with Crippen molar-refractivity contribution in [2.45, 2.75) is 51.5 Å². The third kappa shape index (κ3) is 6.09. The van der Waals surface area contributed by atoms with Crippen LogP contribution in [-0.4, -0.2) is 40.6 Å². The van der Waals surface area contributed by atoms with Gasteiger partial charge in [0, 0.05) is 30.8 Å². The maximum absolute atomic E-state index is 12.8. The first kappa shape index (κ1) is 23.7. The third-order valence-corrected chi connectivity index (χ3v) is 6.05. The van der Waals surface area contributed by atoms with Gasteiger partial charge in [0.2, 0.25) is 0 Å². The first-order chi connectivity index (χ1) is 12.1. The van der Waals surface area contributed by atoms with Crippen LogP contribution in [0.25, 0.3) is 0 Å². The fraction of sp³-hybridized carbons (Fsp3) is 0.632. The number of carbonyl (C=O) groups excluding carboxylic acids is 1. The van der Waals surface area contributed by atoms with E-state index in [9.17, 15) is 14.9 Å². The number of nitrogens with two attached hydrogens (primary N) is 1. The van der Waals surface area contributed by atoms with Crippen molar-refractivity contribution >= 4 is 35.8 Å². The molecular weight excluding hydrogens is 386 g/mol. The van der Waals surface area contributed by atoms with Gasteiger partial charge >= 0.3 is 0 Å². The van der Waals surface area contributed by atoms with Gasteiger partial charge in [-0.3, -0.25) is 14.9 Å². The van der Waals surface area contributed by atoms with Crippen molar-refractivity contribution < 1.29 is 9.72 Å². The van der Waals surface area contributed by atoms with Crippen LogP contribution >= 0.6 is 24.2 Å². The second-order valence-corrected chi connectivity index (χ2v) is 9.22. The number of thioether (sulfide) groups is 1. The van der Waals surface area contributed by atoms with Crippen LogP contribution < -0.4 is 5.73 Å². The molecule has 1 aliphatic rings. The highest BCUT2D eigenvalue weighted by molar-refractivity contribution is 7.99. The molecule has 0 saturated carbocycles. The Morgan fingerprint density at radius 2 is 2.11 bits per heavy atom. The first-order valence-electron chi connectivity index (χ1n) is 9.08. The SMILES string of the molecule is CC(C)CCSc1ccc(C(=O)N2CCC(N)C(C)(C)C2)cc1[N+](=O)[O-].Cl. The molecule has 152 valence electrons. The molecule has 1 unspecified atom stereocenters. The van der Waals surface area contributed by atoms with Crippen molar-refractivity contribution in [3.05, 3.63) is 33.9 Å². The van der Waals surface area contributed by atoms with E-state index < -0.39 is 4.92 Å². The fourth-order valence-electron chi connectivity index (χ4n) is 3.05. The van der Waals surface area contributed by atoms with Gasteiger partial charge in [-0.25, -0.2) is 0 Å². The topological polar surface area (TPSA) is 89.5 Å². The molecule has 27 heavy (non-hydrogen) atoms. The molecule has 1 aromatic carbocycles. The van der Waals surface area contributed by atoms with Crippen molar-refractivity contribution in [2.24, 2.45) is 17.1 Å². The molecule has 8 heteroatoms. The first-order valence-corrected chi connectivity index (χ1v) is 10.1. The minimum absolute atomic E-state index is 0. The van der Waals surface area contributed by atoms with Crippen molar-refractivity contribution in [2.75, 3.05) is 18.8 Å². The van der Waals surface area contributed by atoms with E-state index in [1.54, 1.807) is 17.0 Å². The number of rotatable bonds is 6. The summed E-state index contributed by atoms with van der Waals surface area (Å²) in [5.74, 6) is 1.22. The molecule has 0 aliphatic carbocycles. The number of nitrogens with zero attached hydrogens (tertiary/aromatic N) is 2. The molecule has 2 N–H and O–H groups in total. The lowest BCUT2D eigenvalue weighted by atomic mass is 9.79. The molecule has 1 amide bonds. The maximum atomic E-state index is 12.8. The minimum Gasteiger partial charge on any atom is -0.338 e. The summed E-state index contributed by atoms with van der Waals surface area (Å²) in [6, 6.07) is 4.88. The number of hydrogen-bond acceptors (Lipinski definition) is 5. The van der Waals surface area contributed by atoms with E-state index in [0.717, 1.165) is 18.6 Å². The smallest absolute Gasteiger partial charge is 0.283 e. The summed E-state index contributed by atoms with van der Waals surface area (Å²) in [6.45, 7) is 9.50. The van der Waals surface area contributed by atoms with E-state index >= 15 is 0 Å². The zero-order valence-electron chi connectivity index (χ0n) is 16.4. The standard InChI is InChI=1S/C19H29N3O3S.ClH/c1-13(2)8-10-26-16-6-5-14(11-15(16)22(24)25)18(23)21-9-7-17(20)19(3,4)12-21;/h5-6,11,13,17H,7-10,12,20H2,1-4H3;1H. The molecule has 0 aromatic heterocycles. The number of piperidine rings is 1. The average molecular weight is 416 g/mol. The molecule has 2 rings (SSSR count). The van der Waals surface area contributed by atoms with Crippen LogP contribution in [0.4, 0.5) is 5.69 Å². The number of carbonyl (C=O) groups is 1. The lowest BCUT2D eigenvalue weighted by Crippen LogP contribution is -2.54. The lowest BCUT2D eigenvalue weighted by Gasteiger charge is -2.42. The summed E-state index contributed by atoms with van der Waals surface area (Å²) >= 11 is 1.48. The van der Waals surface area contributed by atoms with Crippen molar-refractivity contribution in [3.8, 4) is 0 Å². The van der Waals surface area contributed by atoms with Gasteiger partial charge in [0.25, 0.3) is 11.6 Å². The summed E-state index contributed by atoms with van der Waals surface area (Å²) in [6.07, 6.45) is 1.73. The van der Waals surface area contributed by atoms with Crippen LogP contribution in [0.3, 0.4) is 0 Å². The van der Waals surface area contributed by atoms with Crippen LogP contribution in [0.15, 0.2) is 23.1 Å². The van der Waals surface area contributed by atoms with E-state index in [0.29, 0.717) is 29.5 Å². The quantitative estimate of drug-likeness (QED) is 0.423. The number of amides is 1. The van der Waals surface area contributed by atoms with E-state index in [2.05, 4.69) is 13.8 Å². The molecule has 0 radical (unpaired) electrons. The molecular formula is C19H30ClN3O3S. The highest BCUT2D eigenvalue weighted by Gasteiger charge is 2.36. The van der Waals surface area contributed by atoms with Crippen molar-refractivity contribution in [1.29, 1.82) is 0 Å². The molecule has 1 saturated heterocycles. The largest absolute Gasteiger partial charge is 0.338 e. The minimum atomic E-state index is -0.398. The van der Waals surface area contributed by atoms with E-state index in [4.69, 9.17) is 5.73 Å². The molecule has 0 bridgehead atoms. The van der Waals surface area contributed by atoms with Gasteiger partial charge in [-0.2, -0.15) is 0 Å². The van der Waals surface area contributed by atoms with Gasteiger partial charge in [-0.05, 0) is 42.1 Å². The van der Waals surface area contributed by atoms with Gasteiger partial charge < -0.3 is 10.6 Å². The van der Waals surface area contributed by atoms with E-state index in [-0.39, 0.29) is 35.5 Å². The number of likely N-dealkylation sites (tertiary alicyclic amines) is 1. The van der Waals surface area contributed by atoms with Crippen LogP contribution in [0, 0.1) is 21.4 Å². The van der Waals surface area contributed by atoms with Gasteiger partial charge in [0.05, 0.1) is 9.82 Å². The highest BCUT2D eigenvalue weighted by Crippen LogP contribution is 2.33. The summed E-state index contributed by atoms with van der Waals surface area (Å²) < 4.78 is 0. The zero-order valence-corrected chi connectivity index (χ0v) is 18.1. The maximum Gasteiger partial charge on any atom is 0.283 e. The van der Waals surface area contributed by atoms with Crippen LogP contribution in [0.2, 0.25) is 0 Å².